The summed E-state index contributed by atoms with van der Waals surface area (Å²) in [7, 11) is 0. The van der Waals surface area contributed by atoms with Gasteiger partial charge in [-0.05, 0) is 88.8 Å². The minimum atomic E-state index is -0.0984. The summed E-state index contributed by atoms with van der Waals surface area (Å²) >= 11 is 2.09. The van der Waals surface area contributed by atoms with Crippen LogP contribution >= 0.6 is 11.8 Å². The third-order valence-corrected chi connectivity index (χ3v) is 12.2. The Bertz CT molecular complexity index is 2430. The smallest absolute Gasteiger partial charge is 0.0393 e. The molecular formula is C45H32S. The Kier molecular flexibility index (Phi) is 5.49. The van der Waals surface area contributed by atoms with E-state index in [1.807, 2.05) is 0 Å². The van der Waals surface area contributed by atoms with Gasteiger partial charge in [0.15, 0.2) is 0 Å². The van der Waals surface area contributed by atoms with Gasteiger partial charge in [-0.25, -0.2) is 0 Å². The first-order chi connectivity index (χ1) is 22.6. The molecule has 7 aromatic carbocycles. The highest BCUT2D eigenvalue weighted by molar-refractivity contribution is 8.00. The first-order valence-corrected chi connectivity index (χ1v) is 17.2. The molecule has 0 fully saturated rings. The molecule has 0 spiro atoms. The van der Waals surface area contributed by atoms with Crippen LogP contribution in [0.25, 0.3) is 49.4 Å². The number of benzene rings is 7. The first kappa shape index (κ1) is 26.4. The van der Waals surface area contributed by atoms with Crippen molar-refractivity contribution >= 4 is 38.9 Å². The molecule has 0 aromatic heterocycles. The van der Waals surface area contributed by atoms with Gasteiger partial charge in [0.2, 0.25) is 0 Å². The Labute approximate surface area is 274 Å². The largest absolute Gasteiger partial charge is 0.117 e. The molecule has 0 nitrogen and oxygen atoms in total. The predicted molar refractivity (Wildman–Crippen MR) is 196 cm³/mol. The van der Waals surface area contributed by atoms with E-state index in [1.54, 1.807) is 0 Å². The molecule has 2 unspecified atom stereocenters. The molecule has 3 aliphatic rings. The molecular weight excluding hydrogens is 573 g/mol. The van der Waals surface area contributed by atoms with Crippen molar-refractivity contribution in [2.24, 2.45) is 0 Å². The van der Waals surface area contributed by atoms with Crippen LogP contribution in [0.4, 0.5) is 0 Å². The molecule has 7 aromatic rings. The standard InChI is InChI=1S/C45H32S/c1-45(2)40-25-29(32-19-9-13-27-11-3-5-15-30(27)32)21-22-35(40)37-23-24-38-42-36-18-8-7-17-34(36)39(26-41(42)46-44(38)43(37)45)33-20-10-14-28-12-4-6-16-31(28)33/h3-26,41-42H,1-2H3. The van der Waals surface area contributed by atoms with E-state index in [2.05, 4.69) is 171 Å². The maximum absolute atomic E-state index is 2.58. The molecule has 218 valence electrons. The quantitative estimate of drug-likeness (QED) is 0.189. The molecule has 1 aliphatic heterocycles. The van der Waals surface area contributed by atoms with E-state index in [0.29, 0.717) is 11.2 Å². The minimum absolute atomic E-state index is 0.0984. The van der Waals surface area contributed by atoms with Crippen LogP contribution in [0.15, 0.2) is 150 Å². The molecule has 0 radical (unpaired) electrons. The summed E-state index contributed by atoms with van der Waals surface area (Å²) in [5.41, 5.74) is 15.3. The molecule has 1 heterocycles. The van der Waals surface area contributed by atoms with E-state index >= 15 is 0 Å². The Morgan fingerprint density at radius 2 is 1.15 bits per heavy atom. The third-order valence-electron chi connectivity index (χ3n) is 10.8. The summed E-state index contributed by atoms with van der Waals surface area (Å²) in [4.78, 5) is 1.49. The van der Waals surface area contributed by atoms with E-state index < -0.39 is 0 Å². The van der Waals surface area contributed by atoms with Gasteiger partial charge in [-0.2, -0.15) is 0 Å². The van der Waals surface area contributed by atoms with E-state index in [0.717, 1.165) is 0 Å². The molecule has 1 heteroatoms. The van der Waals surface area contributed by atoms with Crippen LogP contribution in [-0.4, -0.2) is 5.25 Å². The van der Waals surface area contributed by atoms with Crippen molar-refractivity contribution in [3.05, 3.63) is 179 Å². The molecule has 2 atom stereocenters. The maximum atomic E-state index is 2.58. The van der Waals surface area contributed by atoms with Crippen LogP contribution in [0.2, 0.25) is 0 Å². The topological polar surface area (TPSA) is 0 Å². The summed E-state index contributed by atoms with van der Waals surface area (Å²) < 4.78 is 0. The number of thioether (sulfide) groups is 1. The average Bonchev–Trinajstić information content (AvgIpc) is 3.59. The Morgan fingerprint density at radius 3 is 1.96 bits per heavy atom. The van der Waals surface area contributed by atoms with Gasteiger partial charge in [-0.3, -0.25) is 0 Å². The first-order valence-electron chi connectivity index (χ1n) is 16.3. The molecule has 0 amide bonds. The summed E-state index contributed by atoms with van der Waals surface area (Å²) in [6.07, 6.45) is 2.58. The zero-order chi connectivity index (χ0) is 30.6. The highest BCUT2D eigenvalue weighted by Gasteiger charge is 2.45. The Balaban J connectivity index is 1.12. The van der Waals surface area contributed by atoms with Crippen LogP contribution in [0.1, 0.15) is 53.1 Å². The molecule has 0 saturated heterocycles. The second-order valence-corrected chi connectivity index (χ2v) is 14.8. The van der Waals surface area contributed by atoms with E-state index in [1.165, 1.54) is 87.6 Å². The van der Waals surface area contributed by atoms with Gasteiger partial charge in [0.05, 0.1) is 0 Å². The molecule has 0 N–H and O–H groups in total. The van der Waals surface area contributed by atoms with Crippen molar-refractivity contribution in [2.75, 3.05) is 0 Å². The van der Waals surface area contributed by atoms with Gasteiger partial charge in [0.1, 0.15) is 0 Å². The number of fused-ring (bicyclic) bond motifs is 11. The van der Waals surface area contributed by atoms with Crippen molar-refractivity contribution in [3.8, 4) is 22.3 Å². The monoisotopic (exact) mass is 604 g/mol. The average molecular weight is 605 g/mol. The molecule has 0 bridgehead atoms. The van der Waals surface area contributed by atoms with Gasteiger partial charge >= 0.3 is 0 Å². The fourth-order valence-electron chi connectivity index (χ4n) is 8.71. The summed E-state index contributed by atoms with van der Waals surface area (Å²) in [6, 6.07) is 52.2. The van der Waals surface area contributed by atoms with Crippen LogP contribution in [0.5, 0.6) is 0 Å². The predicted octanol–water partition coefficient (Wildman–Crippen LogP) is 12.0. The number of rotatable bonds is 2. The van der Waals surface area contributed by atoms with Gasteiger partial charge in [-0.1, -0.05) is 153 Å². The number of hydrogen-bond donors (Lipinski definition) is 0. The lowest BCUT2D eigenvalue weighted by Crippen LogP contribution is -2.17. The molecule has 0 saturated carbocycles. The fraction of sp³-hybridized carbons (Fsp3) is 0.111. The van der Waals surface area contributed by atoms with Crippen molar-refractivity contribution in [1.82, 2.24) is 0 Å². The van der Waals surface area contributed by atoms with Gasteiger partial charge in [0, 0.05) is 21.5 Å². The van der Waals surface area contributed by atoms with Crippen LogP contribution in [-0.2, 0) is 5.41 Å². The van der Waals surface area contributed by atoms with Gasteiger partial charge in [0.25, 0.3) is 0 Å². The second kappa shape index (κ2) is 9.58. The van der Waals surface area contributed by atoms with Crippen molar-refractivity contribution in [2.45, 2.75) is 35.3 Å². The van der Waals surface area contributed by atoms with E-state index in [4.69, 9.17) is 0 Å². The maximum Gasteiger partial charge on any atom is 0.0393 e. The van der Waals surface area contributed by atoms with Gasteiger partial charge < -0.3 is 0 Å². The highest BCUT2D eigenvalue weighted by atomic mass is 32.2. The van der Waals surface area contributed by atoms with Crippen LogP contribution < -0.4 is 0 Å². The lowest BCUT2D eigenvalue weighted by Gasteiger charge is -2.28. The molecule has 46 heavy (non-hydrogen) atoms. The minimum Gasteiger partial charge on any atom is -0.117 e. The van der Waals surface area contributed by atoms with Crippen LogP contribution in [0, 0.1) is 0 Å². The Hall–Kier alpha value is -4.85. The van der Waals surface area contributed by atoms with E-state index in [-0.39, 0.29) is 5.41 Å². The van der Waals surface area contributed by atoms with Crippen molar-refractivity contribution in [1.29, 1.82) is 0 Å². The second-order valence-electron chi connectivity index (χ2n) is 13.6. The van der Waals surface area contributed by atoms with Crippen molar-refractivity contribution < 1.29 is 0 Å². The third kappa shape index (κ3) is 3.58. The SMILES string of the molecule is CC1(C)c2cc(-c3cccc4ccccc34)ccc2-c2ccc3c(c21)SC1C=C(c2cccc4ccccc24)c2ccccc2C31. The zero-order valence-electron chi connectivity index (χ0n) is 25.9. The highest BCUT2D eigenvalue weighted by Crippen LogP contribution is 2.61. The molecule has 2 aliphatic carbocycles. The van der Waals surface area contributed by atoms with Gasteiger partial charge in [-0.15, -0.1) is 11.8 Å². The van der Waals surface area contributed by atoms with Crippen molar-refractivity contribution in [3.63, 3.8) is 0 Å². The fourth-order valence-corrected chi connectivity index (χ4v) is 10.4. The van der Waals surface area contributed by atoms with E-state index in [9.17, 15) is 0 Å². The van der Waals surface area contributed by atoms with Crippen LogP contribution in [0.3, 0.4) is 0 Å². The Morgan fingerprint density at radius 1 is 0.522 bits per heavy atom. The normalized spacial score (nSPS) is 18.4. The number of hydrogen-bond acceptors (Lipinski definition) is 1. The lowest BCUT2D eigenvalue weighted by molar-refractivity contribution is 0.644. The summed E-state index contributed by atoms with van der Waals surface area (Å²) in [5.74, 6) is 0.353. The summed E-state index contributed by atoms with van der Waals surface area (Å²) in [6.45, 7) is 4.89. The summed E-state index contributed by atoms with van der Waals surface area (Å²) in [5, 5.41) is 5.57. The zero-order valence-corrected chi connectivity index (χ0v) is 26.7. The molecule has 10 rings (SSSR count). The lowest BCUT2D eigenvalue weighted by atomic mass is 9.75.